The average Bonchev–Trinajstić information content (AvgIpc) is 2.44. The fraction of sp³-hybridized carbons (Fsp3) is 0.286. The Morgan fingerprint density at radius 2 is 1.16 bits per heavy atom. The maximum absolute atomic E-state index is 11.7. The zero-order chi connectivity index (χ0) is 14.0. The summed E-state index contributed by atoms with van der Waals surface area (Å²) < 4.78 is 0. The van der Waals surface area contributed by atoms with Crippen molar-refractivity contribution >= 4 is 57.8 Å². The van der Waals surface area contributed by atoms with Crippen molar-refractivity contribution in [2.75, 3.05) is 25.0 Å². The zero-order valence-corrected chi connectivity index (χ0v) is 14.5. The maximum atomic E-state index is 11.7. The van der Waals surface area contributed by atoms with Crippen molar-refractivity contribution < 1.29 is 5.11 Å². The van der Waals surface area contributed by atoms with Crippen LogP contribution in [0.15, 0.2) is 37.8 Å². The third-order valence-electron chi connectivity index (χ3n) is 2.92. The van der Waals surface area contributed by atoms with Crippen LogP contribution in [0, 0.1) is 0 Å². The first-order valence-corrected chi connectivity index (χ1v) is 10.5. The Morgan fingerprint density at radius 1 is 0.684 bits per heavy atom. The van der Waals surface area contributed by atoms with Gasteiger partial charge in [0.05, 0.1) is 0 Å². The third kappa shape index (κ3) is 2.71. The summed E-state index contributed by atoms with van der Waals surface area (Å²) >= 11 is 7.03. The van der Waals surface area contributed by atoms with E-state index in [4.69, 9.17) is 0 Å². The minimum atomic E-state index is 0.0822. The Kier molecular flexibility index (Phi) is 5.29. The number of hydrogen-bond acceptors (Lipinski definition) is 4. The molecule has 0 unspecified atom stereocenters. The van der Waals surface area contributed by atoms with E-state index in [1.54, 1.807) is 59.2 Å². The van der Waals surface area contributed by atoms with Crippen molar-refractivity contribution in [3.05, 3.63) is 18.2 Å². The molecule has 0 aliphatic heterocycles. The van der Waals surface area contributed by atoms with Crippen LogP contribution in [0.4, 0.5) is 0 Å². The van der Waals surface area contributed by atoms with Crippen LogP contribution in [0.25, 0.3) is 10.8 Å². The molecule has 2 aromatic rings. The van der Waals surface area contributed by atoms with E-state index in [9.17, 15) is 5.11 Å². The molecule has 0 atom stereocenters. The minimum absolute atomic E-state index is 0.0822. The topological polar surface area (TPSA) is 19.9 Å². The van der Waals surface area contributed by atoms with E-state index in [0.29, 0.717) is 0 Å². The van der Waals surface area contributed by atoms with Crippen molar-refractivity contribution in [2.24, 2.45) is 0 Å². The van der Waals surface area contributed by atoms with Crippen LogP contribution in [-0.4, -0.2) is 25.0 Å². The summed E-state index contributed by atoms with van der Waals surface area (Å²) in [6.07, 6.45) is 8.40. The molecule has 0 fully saturated rings. The van der Waals surface area contributed by atoms with Crippen LogP contribution < -0.4 is 0 Å². The molecule has 0 saturated heterocycles. The first kappa shape index (κ1) is 15.3. The van der Waals surface area contributed by atoms with Gasteiger partial charge >= 0.3 is 0 Å². The number of fused-ring (bicyclic) bond motifs is 1. The van der Waals surface area contributed by atoms with E-state index >= 15 is 0 Å². The van der Waals surface area contributed by atoms with Gasteiger partial charge in [-0.05, 0) is 48.6 Å². The van der Waals surface area contributed by atoms with Crippen molar-refractivity contribution in [2.45, 2.75) is 19.6 Å². The largest absolute Gasteiger partial charge is 0.290 e. The Bertz CT molecular complexity index is 610. The lowest BCUT2D eigenvalue weighted by Crippen LogP contribution is -1.90. The molecule has 19 heavy (non-hydrogen) atoms. The molecule has 0 spiro atoms. The number of benzene rings is 2. The molecule has 0 aliphatic rings. The van der Waals surface area contributed by atoms with Gasteiger partial charge < -0.3 is 0 Å². The molecular formula is C14H15OS4. The summed E-state index contributed by atoms with van der Waals surface area (Å²) in [6, 6.07) is 5.40. The van der Waals surface area contributed by atoms with Crippen molar-refractivity contribution in [1.82, 2.24) is 0 Å². The van der Waals surface area contributed by atoms with Crippen molar-refractivity contribution in [3.63, 3.8) is 0 Å². The Balaban J connectivity index is 2.97. The van der Waals surface area contributed by atoms with E-state index in [1.165, 1.54) is 25.0 Å². The van der Waals surface area contributed by atoms with Crippen LogP contribution in [0.2, 0.25) is 0 Å². The van der Waals surface area contributed by atoms with Crippen LogP contribution >= 0.6 is 47.0 Å². The van der Waals surface area contributed by atoms with Gasteiger partial charge in [0.1, 0.15) is 0 Å². The standard InChI is InChI=1S/C14H15OS4/c1-16-11-9-6-5-8(15)7-10(9)12(17-2)14(19-4)13(11)18-3/h5-7H,1-4H3. The summed E-state index contributed by atoms with van der Waals surface area (Å²) in [5.74, 6) is 0.0822. The van der Waals surface area contributed by atoms with Crippen LogP contribution in [0.1, 0.15) is 0 Å². The van der Waals surface area contributed by atoms with Crippen LogP contribution in [0.3, 0.4) is 0 Å². The van der Waals surface area contributed by atoms with Crippen molar-refractivity contribution in [1.29, 1.82) is 0 Å². The number of hydrogen-bond donors (Lipinski definition) is 0. The Labute approximate surface area is 131 Å². The first-order chi connectivity index (χ1) is 9.17. The zero-order valence-electron chi connectivity index (χ0n) is 11.3. The highest BCUT2D eigenvalue weighted by Crippen LogP contribution is 2.47. The molecule has 0 heterocycles. The fourth-order valence-corrected chi connectivity index (χ4v) is 6.29. The molecule has 2 rings (SSSR count). The van der Waals surface area contributed by atoms with Crippen LogP contribution in [-0.2, 0) is 5.11 Å². The number of thioether (sulfide) groups is 4. The van der Waals surface area contributed by atoms with E-state index < -0.39 is 0 Å². The molecule has 5 heteroatoms. The summed E-state index contributed by atoms with van der Waals surface area (Å²) in [5.41, 5.74) is 0. The molecule has 1 nitrogen and oxygen atoms in total. The monoisotopic (exact) mass is 327 g/mol. The third-order valence-corrected chi connectivity index (χ3v) is 6.60. The van der Waals surface area contributed by atoms with Gasteiger partial charge in [-0.2, -0.15) is 0 Å². The van der Waals surface area contributed by atoms with Gasteiger partial charge in [0.2, 0.25) is 0 Å². The van der Waals surface area contributed by atoms with Gasteiger partial charge in [0.15, 0.2) is 5.75 Å². The quantitative estimate of drug-likeness (QED) is 0.654. The van der Waals surface area contributed by atoms with E-state index in [-0.39, 0.29) is 5.75 Å². The van der Waals surface area contributed by atoms with Gasteiger partial charge in [-0.15, -0.1) is 47.0 Å². The predicted molar refractivity (Wildman–Crippen MR) is 91.2 cm³/mol. The Hall–Kier alpha value is -0.100. The molecule has 2 aromatic carbocycles. The highest BCUT2D eigenvalue weighted by molar-refractivity contribution is 8.04. The smallest absolute Gasteiger partial charge is 0.179 e. The van der Waals surface area contributed by atoms with Crippen molar-refractivity contribution in [3.8, 4) is 5.75 Å². The molecule has 101 valence electrons. The van der Waals surface area contributed by atoms with Gasteiger partial charge in [0.25, 0.3) is 0 Å². The number of rotatable bonds is 4. The van der Waals surface area contributed by atoms with Gasteiger partial charge in [-0.1, -0.05) is 0 Å². The Morgan fingerprint density at radius 3 is 1.63 bits per heavy atom. The summed E-state index contributed by atoms with van der Waals surface area (Å²) in [5, 5.41) is 14.0. The van der Waals surface area contributed by atoms with E-state index in [2.05, 4.69) is 25.0 Å². The molecule has 0 N–H and O–H groups in total. The van der Waals surface area contributed by atoms with E-state index in [0.717, 1.165) is 5.39 Å². The lowest BCUT2D eigenvalue weighted by atomic mass is 10.1. The summed E-state index contributed by atoms with van der Waals surface area (Å²) in [6.45, 7) is 0. The van der Waals surface area contributed by atoms with Crippen LogP contribution in [0.5, 0.6) is 5.75 Å². The highest BCUT2D eigenvalue weighted by atomic mass is 32.2. The fourth-order valence-electron chi connectivity index (χ4n) is 2.14. The highest BCUT2D eigenvalue weighted by Gasteiger charge is 2.18. The molecule has 0 aromatic heterocycles. The maximum Gasteiger partial charge on any atom is 0.179 e. The molecular weight excluding hydrogens is 312 g/mol. The second-order valence-electron chi connectivity index (χ2n) is 3.84. The molecule has 0 aliphatic carbocycles. The molecule has 0 amide bonds. The predicted octanol–water partition coefficient (Wildman–Crippen LogP) is 5.87. The molecule has 1 radical (unpaired) electrons. The minimum Gasteiger partial charge on any atom is -0.290 e. The normalized spacial score (nSPS) is 11.2. The second kappa shape index (κ2) is 6.57. The SMILES string of the molecule is CSc1c(SC)c(SC)c2cc([O])ccc2c1SC. The lowest BCUT2D eigenvalue weighted by Gasteiger charge is -2.18. The average molecular weight is 328 g/mol. The van der Waals surface area contributed by atoms with Gasteiger partial charge in [-0.3, -0.25) is 5.11 Å². The molecule has 0 bridgehead atoms. The summed E-state index contributed by atoms with van der Waals surface area (Å²) in [7, 11) is 0. The first-order valence-electron chi connectivity index (χ1n) is 5.64. The van der Waals surface area contributed by atoms with E-state index in [1.807, 2.05) is 6.07 Å². The lowest BCUT2D eigenvalue weighted by molar-refractivity contribution is 0.355. The van der Waals surface area contributed by atoms with Gasteiger partial charge in [0, 0.05) is 25.0 Å². The summed E-state index contributed by atoms with van der Waals surface area (Å²) in [4.78, 5) is 5.13. The van der Waals surface area contributed by atoms with Gasteiger partial charge in [-0.25, -0.2) is 0 Å². The molecule has 0 saturated carbocycles. The second-order valence-corrected chi connectivity index (χ2v) is 7.11.